The Labute approximate surface area is 78.5 Å². The molecule has 3 atom stereocenters. The molecule has 0 bridgehead atoms. The van der Waals surface area contributed by atoms with E-state index in [9.17, 15) is 4.39 Å². The molecule has 0 aliphatic carbocycles. The molecule has 0 spiro atoms. The lowest BCUT2D eigenvalue weighted by Crippen LogP contribution is -2.50. The second-order valence-corrected chi connectivity index (χ2v) is 3.76. The van der Waals surface area contributed by atoms with E-state index in [0.717, 1.165) is 6.54 Å². The van der Waals surface area contributed by atoms with E-state index in [1.807, 2.05) is 13.8 Å². The van der Waals surface area contributed by atoms with Gasteiger partial charge in [-0.15, -0.1) is 0 Å². The standard InChI is InChI=1S/C9H18FNO2/c1-7-6-13-8(2)4-11(7)5-9(12)3-10/h7-9,12H,3-6H2,1-2H3. The van der Waals surface area contributed by atoms with Gasteiger partial charge in [-0.2, -0.15) is 0 Å². The molecule has 78 valence electrons. The fourth-order valence-corrected chi connectivity index (χ4v) is 1.55. The van der Waals surface area contributed by atoms with Crippen LogP contribution >= 0.6 is 0 Å². The number of aliphatic hydroxyl groups is 1. The number of rotatable bonds is 3. The summed E-state index contributed by atoms with van der Waals surface area (Å²) in [6, 6.07) is 0.275. The molecule has 1 aliphatic heterocycles. The molecule has 1 fully saturated rings. The molecular formula is C9H18FNO2. The Morgan fingerprint density at radius 3 is 2.92 bits per heavy atom. The third-order valence-electron chi connectivity index (χ3n) is 2.36. The zero-order valence-electron chi connectivity index (χ0n) is 8.24. The average Bonchev–Trinajstić information content (AvgIpc) is 2.11. The number of hydrogen-bond acceptors (Lipinski definition) is 3. The quantitative estimate of drug-likeness (QED) is 0.702. The maximum atomic E-state index is 12.1. The van der Waals surface area contributed by atoms with Gasteiger partial charge in [-0.1, -0.05) is 0 Å². The number of aliphatic hydroxyl groups excluding tert-OH is 1. The normalized spacial score (nSPS) is 33.2. The maximum Gasteiger partial charge on any atom is 0.117 e. The average molecular weight is 191 g/mol. The van der Waals surface area contributed by atoms with Crippen molar-refractivity contribution in [2.24, 2.45) is 0 Å². The number of morpholine rings is 1. The Kier molecular flexibility index (Phi) is 4.09. The highest BCUT2D eigenvalue weighted by Crippen LogP contribution is 2.11. The van der Waals surface area contributed by atoms with Crippen LogP contribution in [0.25, 0.3) is 0 Å². The van der Waals surface area contributed by atoms with E-state index in [-0.39, 0.29) is 12.1 Å². The van der Waals surface area contributed by atoms with Crippen LogP contribution in [0.5, 0.6) is 0 Å². The summed E-state index contributed by atoms with van der Waals surface area (Å²) in [7, 11) is 0. The first-order chi connectivity index (χ1) is 6.13. The van der Waals surface area contributed by atoms with Crippen LogP contribution in [-0.2, 0) is 4.74 Å². The molecule has 1 rings (SSSR count). The van der Waals surface area contributed by atoms with Gasteiger partial charge in [0.2, 0.25) is 0 Å². The first kappa shape index (κ1) is 10.9. The highest BCUT2D eigenvalue weighted by molar-refractivity contribution is 4.77. The predicted molar refractivity (Wildman–Crippen MR) is 48.4 cm³/mol. The van der Waals surface area contributed by atoms with E-state index < -0.39 is 12.8 Å². The summed E-state index contributed by atoms with van der Waals surface area (Å²) in [5.41, 5.74) is 0. The van der Waals surface area contributed by atoms with Gasteiger partial charge in [0.1, 0.15) is 6.67 Å². The van der Waals surface area contributed by atoms with E-state index in [4.69, 9.17) is 9.84 Å². The summed E-state index contributed by atoms with van der Waals surface area (Å²) in [5, 5.41) is 9.16. The summed E-state index contributed by atoms with van der Waals surface area (Å²) in [4.78, 5) is 2.07. The van der Waals surface area contributed by atoms with E-state index in [0.29, 0.717) is 13.2 Å². The Bertz CT molecular complexity index is 157. The minimum Gasteiger partial charge on any atom is -0.389 e. The van der Waals surface area contributed by atoms with Crippen molar-refractivity contribution in [3.63, 3.8) is 0 Å². The third-order valence-corrected chi connectivity index (χ3v) is 2.36. The molecule has 3 nitrogen and oxygen atoms in total. The van der Waals surface area contributed by atoms with Gasteiger partial charge in [0, 0.05) is 19.1 Å². The van der Waals surface area contributed by atoms with Gasteiger partial charge in [0.15, 0.2) is 0 Å². The van der Waals surface area contributed by atoms with Crippen LogP contribution in [0.15, 0.2) is 0 Å². The van der Waals surface area contributed by atoms with Crippen LogP contribution in [0, 0.1) is 0 Å². The Morgan fingerprint density at radius 1 is 1.62 bits per heavy atom. The molecule has 1 aliphatic rings. The topological polar surface area (TPSA) is 32.7 Å². The largest absolute Gasteiger partial charge is 0.389 e. The van der Waals surface area contributed by atoms with Crippen molar-refractivity contribution in [2.75, 3.05) is 26.4 Å². The van der Waals surface area contributed by atoms with Gasteiger partial charge in [-0.05, 0) is 13.8 Å². The Hall–Kier alpha value is -0.190. The smallest absolute Gasteiger partial charge is 0.117 e. The molecule has 0 aromatic heterocycles. The summed E-state index contributed by atoms with van der Waals surface area (Å²) in [6.45, 7) is 5.19. The lowest BCUT2D eigenvalue weighted by Gasteiger charge is -2.37. The molecule has 1 saturated heterocycles. The molecular weight excluding hydrogens is 173 g/mol. The number of alkyl halides is 1. The lowest BCUT2D eigenvalue weighted by molar-refractivity contribution is -0.0632. The minimum atomic E-state index is -0.854. The number of halogens is 1. The molecule has 0 amide bonds. The van der Waals surface area contributed by atoms with E-state index in [1.54, 1.807) is 0 Å². The summed E-state index contributed by atoms with van der Waals surface area (Å²) >= 11 is 0. The van der Waals surface area contributed by atoms with Crippen LogP contribution < -0.4 is 0 Å². The van der Waals surface area contributed by atoms with Crippen molar-refractivity contribution in [2.45, 2.75) is 32.1 Å². The van der Waals surface area contributed by atoms with Crippen LogP contribution in [0.1, 0.15) is 13.8 Å². The lowest BCUT2D eigenvalue weighted by atomic mass is 10.2. The SMILES string of the molecule is CC1CN(CC(O)CF)C(C)CO1. The molecule has 4 heteroatoms. The number of nitrogens with zero attached hydrogens (tertiary/aromatic N) is 1. The molecule has 0 radical (unpaired) electrons. The summed E-state index contributed by atoms with van der Waals surface area (Å²) in [6.07, 6.45) is -0.671. The monoisotopic (exact) mass is 191 g/mol. The van der Waals surface area contributed by atoms with Crippen molar-refractivity contribution in [3.05, 3.63) is 0 Å². The minimum absolute atomic E-state index is 0.183. The molecule has 0 saturated carbocycles. The first-order valence-corrected chi connectivity index (χ1v) is 4.73. The van der Waals surface area contributed by atoms with Crippen molar-refractivity contribution >= 4 is 0 Å². The van der Waals surface area contributed by atoms with E-state index >= 15 is 0 Å². The van der Waals surface area contributed by atoms with Gasteiger partial charge in [-0.3, -0.25) is 4.90 Å². The van der Waals surface area contributed by atoms with Crippen LogP contribution in [-0.4, -0.2) is 54.6 Å². The molecule has 13 heavy (non-hydrogen) atoms. The fourth-order valence-electron chi connectivity index (χ4n) is 1.55. The zero-order chi connectivity index (χ0) is 9.84. The Morgan fingerprint density at radius 2 is 2.31 bits per heavy atom. The molecule has 1 N–H and O–H groups in total. The van der Waals surface area contributed by atoms with E-state index in [2.05, 4.69) is 4.90 Å². The molecule has 0 aromatic rings. The van der Waals surface area contributed by atoms with Crippen molar-refractivity contribution in [3.8, 4) is 0 Å². The van der Waals surface area contributed by atoms with Gasteiger partial charge in [-0.25, -0.2) is 4.39 Å². The maximum absolute atomic E-state index is 12.1. The second kappa shape index (κ2) is 4.88. The van der Waals surface area contributed by atoms with Crippen molar-refractivity contribution < 1.29 is 14.2 Å². The predicted octanol–water partition coefficient (Wildman–Crippen LogP) is 0.426. The molecule has 1 heterocycles. The molecule has 3 unspecified atom stereocenters. The van der Waals surface area contributed by atoms with Gasteiger partial charge >= 0.3 is 0 Å². The van der Waals surface area contributed by atoms with Gasteiger partial charge < -0.3 is 9.84 Å². The van der Waals surface area contributed by atoms with Crippen LogP contribution in [0.2, 0.25) is 0 Å². The number of β-amino-alcohol motifs (C(OH)–C–C–N with tert-alkyl or cyclic N) is 1. The fraction of sp³-hybridized carbons (Fsp3) is 1.00. The molecule has 0 aromatic carbocycles. The summed E-state index contributed by atoms with van der Waals surface area (Å²) in [5.74, 6) is 0. The van der Waals surface area contributed by atoms with Gasteiger partial charge in [0.25, 0.3) is 0 Å². The van der Waals surface area contributed by atoms with Gasteiger partial charge in [0.05, 0.1) is 18.8 Å². The van der Waals surface area contributed by atoms with Crippen LogP contribution in [0.3, 0.4) is 0 Å². The second-order valence-electron chi connectivity index (χ2n) is 3.76. The van der Waals surface area contributed by atoms with Crippen molar-refractivity contribution in [1.29, 1.82) is 0 Å². The number of ether oxygens (including phenoxy) is 1. The zero-order valence-corrected chi connectivity index (χ0v) is 8.24. The Balaban J connectivity index is 2.37. The van der Waals surface area contributed by atoms with E-state index in [1.165, 1.54) is 0 Å². The first-order valence-electron chi connectivity index (χ1n) is 4.73. The number of hydrogen-bond donors (Lipinski definition) is 1. The highest BCUT2D eigenvalue weighted by Gasteiger charge is 2.24. The van der Waals surface area contributed by atoms with Crippen molar-refractivity contribution in [1.82, 2.24) is 4.90 Å². The van der Waals surface area contributed by atoms with Crippen LogP contribution in [0.4, 0.5) is 4.39 Å². The third kappa shape index (κ3) is 3.21. The summed E-state index contributed by atoms with van der Waals surface area (Å²) < 4.78 is 17.5. The highest BCUT2D eigenvalue weighted by atomic mass is 19.1.